The summed E-state index contributed by atoms with van der Waals surface area (Å²) in [5, 5.41) is 8.79. The van der Waals surface area contributed by atoms with Gasteiger partial charge in [0.05, 0.1) is 5.92 Å². The summed E-state index contributed by atoms with van der Waals surface area (Å²) in [6.07, 6.45) is 3.00. The van der Waals surface area contributed by atoms with Crippen molar-refractivity contribution in [1.29, 1.82) is 0 Å². The van der Waals surface area contributed by atoms with Crippen LogP contribution in [-0.4, -0.2) is 35.6 Å². The first-order chi connectivity index (χ1) is 5.66. The van der Waals surface area contributed by atoms with E-state index in [1.807, 2.05) is 7.05 Å². The van der Waals surface area contributed by atoms with Crippen LogP contribution in [0.4, 0.5) is 0 Å². The molecule has 0 spiro atoms. The maximum absolute atomic E-state index is 10.7. The van der Waals surface area contributed by atoms with E-state index in [1.165, 1.54) is 0 Å². The molecule has 0 radical (unpaired) electrons. The molecule has 0 bridgehead atoms. The predicted molar refractivity (Wildman–Crippen MR) is 47.1 cm³/mol. The lowest BCUT2D eigenvalue weighted by Gasteiger charge is -2.40. The van der Waals surface area contributed by atoms with Crippen LogP contribution in [0.5, 0.6) is 0 Å². The molecule has 3 nitrogen and oxygen atoms in total. The highest BCUT2D eigenvalue weighted by Gasteiger charge is 2.38. The summed E-state index contributed by atoms with van der Waals surface area (Å²) < 4.78 is 0. The SMILES string of the molecule is CCCN(C)C1CCC1C(=O)O. The van der Waals surface area contributed by atoms with Gasteiger partial charge in [-0.15, -0.1) is 0 Å². The molecule has 2 unspecified atom stereocenters. The molecule has 3 heteroatoms. The molecule has 1 fully saturated rings. The number of nitrogens with zero attached hydrogens (tertiary/aromatic N) is 1. The standard InChI is InChI=1S/C9H17NO2/c1-3-6-10(2)8-5-4-7(8)9(11)12/h7-8H,3-6H2,1-2H3,(H,11,12). The highest BCUT2D eigenvalue weighted by Crippen LogP contribution is 2.31. The third-order valence-electron chi connectivity index (χ3n) is 2.70. The molecule has 0 amide bonds. The molecule has 0 saturated heterocycles. The second-order valence-corrected chi connectivity index (χ2v) is 3.57. The Balaban J connectivity index is 2.37. The summed E-state index contributed by atoms with van der Waals surface area (Å²) in [4.78, 5) is 12.8. The van der Waals surface area contributed by atoms with E-state index in [9.17, 15) is 4.79 Å². The Morgan fingerprint density at radius 2 is 2.25 bits per heavy atom. The van der Waals surface area contributed by atoms with Gasteiger partial charge >= 0.3 is 5.97 Å². The fourth-order valence-electron chi connectivity index (χ4n) is 1.82. The second kappa shape index (κ2) is 3.90. The van der Waals surface area contributed by atoms with E-state index in [-0.39, 0.29) is 5.92 Å². The lowest BCUT2D eigenvalue weighted by molar-refractivity contribution is -0.148. The van der Waals surface area contributed by atoms with Gasteiger partial charge < -0.3 is 10.0 Å². The highest BCUT2D eigenvalue weighted by atomic mass is 16.4. The third kappa shape index (κ3) is 1.78. The largest absolute Gasteiger partial charge is 0.481 e. The van der Waals surface area contributed by atoms with Gasteiger partial charge in [0.25, 0.3) is 0 Å². The van der Waals surface area contributed by atoms with Crippen LogP contribution >= 0.6 is 0 Å². The normalized spacial score (nSPS) is 28.6. The van der Waals surface area contributed by atoms with Crippen LogP contribution in [-0.2, 0) is 4.79 Å². The van der Waals surface area contributed by atoms with E-state index in [0.29, 0.717) is 6.04 Å². The van der Waals surface area contributed by atoms with Crippen molar-refractivity contribution < 1.29 is 9.90 Å². The van der Waals surface area contributed by atoms with Gasteiger partial charge in [0.2, 0.25) is 0 Å². The van der Waals surface area contributed by atoms with Gasteiger partial charge in [-0.2, -0.15) is 0 Å². The average Bonchev–Trinajstić information content (AvgIpc) is 1.82. The van der Waals surface area contributed by atoms with Crippen LogP contribution in [0, 0.1) is 5.92 Å². The summed E-state index contributed by atoms with van der Waals surface area (Å²) in [7, 11) is 2.02. The maximum Gasteiger partial charge on any atom is 0.308 e. The first kappa shape index (κ1) is 9.52. The maximum atomic E-state index is 10.7. The Hall–Kier alpha value is -0.570. The van der Waals surface area contributed by atoms with Gasteiger partial charge in [-0.05, 0) is 32.9 Å². The topological polar surface area (TPSA) is 40.5 Å². The minimum absolute atomic E-state index is 0.110. The Bertz CT molecular complexity index is 170. The van der Waals surface area contributed by atoms with Gasteiger partial charge in [0, 0.05) is 6.04 Å². The molecule has 0 aromatic rings. The fourth-order valence-corrected chi connectivity index (χ4v) is 1.82. The summed E-state index contributed by atoms with van der Waals surface area (Å²) in [5.74, 6) is -0.740. The van der Waals surface area contributed by atoms with Gasteiger partial charge in [-0.3, -0.25) is 4.79 Å². The zero-order chi connectivity index (χ0) is 9.14. The van der Waals surface area contributed by atoms with E-state index in [4.69, 9.17) is 5.11 Å². The van der Waals surface area contributed by atoms with Gasteiger partial charge in [0.1, 0.15) is 0 Å². The molecular weight excluding hydrogens is 154 g/mol. The van der Waals surface area contributed by atoms with Crippen LogP contribution in [0.25, 0.3) is 0 Å². The number of carboxylic acid groups (broad SMARTS) is 1. The summed E-state index contributed by atoms with van der Waals surface area (Å²) >= 11 is 0. The van der Waals surface area contributed by atoms with Crippen LogP contribution in [0.15, 0.2) is 0 Å². The number of hydrogen-bond donors (Lipinski definition) is 1. The van der Waals surface area contributed by atoms with E-state index in [1.54, 1.807) is 0 Å². The minimum Gasteiger partial charge on any atom is -0.481 e. The Morgan fingerprint density at radius 1 is 1.58 bits per heavy atom. The average molecular weight is 171 g/mol. The first-order valence-corrected chi connectivity index (χ1v) is 4.59. The lowest BCUT2D eigenvalue weighted by Crippen LogP contribution is -2.48. The second-order valence-electron chi connectivity index (χ2n) is 3.57. The smallest absolute Gasteiger partial charge is 0.308 e. The van der Waals surface area contributed by atoms with Gasteiger partial charge in [-0.25, -0.2) is 0 Å². The summed E-state index contributed by atoms with van der Waals surface area (Å²) in [5.41, 5.74) is 0. The van der Waals surface area contributed by atoms with Crippen LogP contribution in [0.3, 0.4) is 0 Å². The molecule has 1 saturated carbocycles. The Kier molecular flexibility index (Phi) is 3.09. The molecule has 12 heavy (non-hydrogen) atoms. The van der Waals surface area contributed by atoms with E-state index in [0.717, 1.165) is 25.8 Å². The molecule has 1 aliphatic rings. The zero-order valence-corrected chi connectivity index (χ0v) is 7.79. The monoisotopic (exact) mass is 171 g/mol. The van der Waals surface area contributed by atoms with Crippen LogP contribution in [0.2, 0.25) is 0 Å². The number of rotatable bonds is 4. The van der Waals surface area contributed by atoms with Crippen molar-refractivity contribution in [2.24, 2.45) is 5.92 Å². The number of aliphatic carboxylic acids is 1. The van der Waals surface area contributed by atoms with E-state index in [2.05, 4.69) is 11.8 Å². The number of carbonyl (C=O) groups is 1. The highest BCUT2D eigenvalue weighted by molar-refractivity contribution is 5.72. The fraction of sp³-hybridized carbons (Fsp3) is 0.889. The van der Waals surface area contributed by atoms with Gasteiger partial charge in [-0.1, -0.05) is 6.92 Å². The number of carboxylic acids is 1. The number of hydrogen-bond acceptors (Lipinski definition) is 2. The molecule has 1 N–H and O–H groups in total. The predicted octanol–water partition coefficient (Wildman–Crippen LogP) is 1.19. The Labute approximate surface area is 73.4 Å². The lowest BCUT2D eigenvalue weighted by atomic mass is 9.78. The van der Waals surface area contributed by atoms with Crippen molar-refractivity contribution in [3.8, 4) is 0 Å². The molecule has 2 atom stereocenters. The summed E-state index contributed by atoms with van der Waals surface area (Å²) in [6, 6.07) is 0.294. The van der Waals surface area contributed by atoms with Crippen molar-refractivity contribution in [3.05, 3.63) is 0 Å². The zero-order valence-electron chi connectivity index (χ0n) is 7.79. The first-order valence-electron chi connectivity index (χ1n) is 4.59. The molecule has 1 rings (SSSR count). The van der Waals surface area contributed by atoms with Crippen molar-refractivity contribution in [1.82, 2.24) is 4.90 Å². The molecule has 1 aliphatic carbocycles. The Morgan fingerprint density at radius 3 is 2.58 bits per heavy atom. The molecule has 70 valence electrons. The van der Waals surface area contributed by atoms with Crippen molar-refractivity contribution >= 4 is 5.97 Å². The quantitative estimate of drug-likeness (QED) is 0.690. The minimum atomic E-state index is -0.630. The van der Waals surface area contributed by atoms with Crippen LogP contribution in [0.1, 0.15) is 26.2 Å². The van der Waals surface area contributed by atoms with Crippen molar-refractivity contribution in [2.45, 2.75) is 32.2 Å². The molecule has 0 aliphatic heterocycles. The van der Waals surface area contributed by atoms with Crippen molar-refractivity contribution in [3.63, 3.8) is 0 Å². The van der Waals surface area contributed by atoms with E-state index >= 15 is 0 Å². The van der Waals surface area contributed by atoms with Crippen molar-refractivity contribution in [2.75, 3.05) is 13.6 Å². The molecule has 0 aromatic carbocycles. The molecule has 0 aromatic heterocycles. The molecular formula is C9H17NO2. The summed E-state index contributed by atoms with van der Waals surface area (Å²) in [6.45, 7) is 3.12. The van der Waals surface area contributed by atoms with E-state index < -0.39 is 5.97 Å². The van der Waals surface area contributed by atoms with Crippen LogP contribution < -0.4 is 0 Å². The molecule has 0 heterocycles. The third-order valence-corrected chi connectivity index (χ3v) is 2.70. The van der Waals surface area contributed by atoms with Gasteiger partial charge in [0.15, 0.2) is 0 Å².